The summed E-state index contributed by atoms with van der Waals surface area (Å²) < 4.78 is 35.4. The highest BCUT2D eigenvalue weighted by molar-refractivity contribution is 7.86. The standard InChI is InChI=1S/C6H8ClN2O5P.C6H9N2O4P/c7-15(12,8-1-3-13-5(8)10)9-2-4-14-6(9)11;9-5-7(1-3-11-5)13-8-2-4-12-6(8)10/h1-4H2;13H,1-4H2. The highest BCUT2D eigenvalue weighted by atomic mass is 35.7. The average molecular weight is 459 g/mol. The summed E-state index contributed by atoms with van der Waals surface area (Å²) in [5, 5.41) is 0. The molecule has 0 saturated carbocycles. The first-order chi connectivity index (χ1) is 13.3. The molecule has 0 spiro atoms. The minimum absolute atomic E-state index is 0.0177. The second-order valence-electron chi connectivity index (χ2n) is 5.58. The SMILES string of the molecule is O=C1OCCN1P(=O)(Cl)N1CCOC1=O.O=C1OCCN1PN1CCOC1=O. The molecule has 4 saturated heterocycles. The van der Waals surface area contributed by atoms with Gasteiger partial charge in [0.05, 0.1) is 35.1 Å². The van der Waals surface area contributed by atoms with Crippen molar-refractivity contribution in [2.45, 2.75) is 0 Å². The molecule has 0 unspecified atom stereocenters. The van der Waals surface area contributed by atoms with E-state index in [1.54, 1.807) is 0 Å². The van der Waals surface area contributed by atoms with Crippen molar-refractivity contribution in [3.63, 3.8) is 0 Å². The molecule has 0 radical (unpaired) electrons. The van der Waals surface area contributed by atoms with Crippen molar-refractivity contribution in [3.8, 4) is 0 Å². The number of amides is 4. The topological polar surface area (TPSA) is 135 Å². The predicted octanol–water partition coefficient (Wildman–Crippen LogP) is 1.64. The summed E-state index contributed by atoms with van der Waals surface area (Å²) in [6.07, 6.45) is -2.24. The molecular formula is C12H17ClN4O9P2. The molecular weight excluding hydrogens is 442 g/mol. The molecule has 16 heteroatoms. The van der Waals surface area contributed by atoms with Crippen LogP contribution in [-0.2, 0) is 23.5 Å². The third kappa shape index (κ3) is 4.37. The van der Waals surface area contributed by atoms with Crippen LogP contribution in [0.4, 0.5) is 19.2 Å². The zero-order valence-corrected chi connectivity index (χ0v) is 17.1. The van der Waals surface area contributed by atoms with E-state index >= 15 is 0 Å². The lowest BCUT2D eigenvalue weighted by molar-refractivity contribution is 0.164. The zero-order valence-electron chi connectivity index (χ0n) is 14.4. The van der Waals surface area contributed by atoms with Crippen molar-refractivity contribution in [2.75, 3.05) is 52.6 Å². The fourth-order valence-electron chi connectivity index (χ4n) is 2.46. The number of cyclic esters (lactones) is 4. The summed E-state index contributed by atoms with van der Waals surface area (Å²) in [6, 6.07) is 0. The molecule has 0 N–H and O–H groups in total. The maximum Gasteiger partial charge on any atom is 0.417 e. The quantitative estimate of drug-likeness (QED) is 0.455. The van der Waals surface area contributed by atoms with Gasteiger partial charge in [0.2, 0.25) is 0 Å². The number of hydrogen-bond acceptors (Lipinski definition) is 9. The number of carbonyl (C=O) groups excluding carboxylic acids is 4. The minimum Gasteiger partial charge on any atom is -0.447 e. The van der Waals surface area contributed by atoms with Crippen molar-refractivity contribution in [1.29, 1.82) is 0 Å². The first kappa shape index (κ1) is 20.8. The summed E-state index contributed by atoms with van der Waals surface area (Å²) in [5.74, 6) is 0. The van der Waals surface area contributed by atoms with Gasteiger partial charge in [0.25, 0.3) is 0 Å². The normalized spacial score (nSPS) is 22.0. The van der Waals surface area contributed by atoms with E-state index in [1.807, 2.05) is 0 Å². The Bertz CT molecular complexity index is 671. The molecule has 0 bridgehead atoms. The first-order valence-corrected chi connectivity index (χ1v) is 11.6. The monoisotopic (exact) mass is 458 g/mol. The Hall–Kier alpha value is -1.97. The number of halogens is 1. The number of hydrogen-bond donors (Lipinski definition) is 0. The van der Waals surface area contributed by atoms with Gasteiger partial charge in [-0.25, -0.2) is 28.5 Å². The van der Waals surface area contributed by atoms with Gasteiger partial charge < -0.3 is 18.9 Å². The second kappa shape index (κ2) is 8.59. The molecule has 4 amide bonds. The molecule has 0 aliphatic carbocycles. The van der Waals surface area contributed by atoms with Crippen LogP contribution in [0.25, 0.3) is 0 Å². The van der Waals surface area contributed by atoms with Gasteiger partial charge in [-0.3, -0.25) is 13.9 Å². The van der Waals surface area contributed by atoms with Crippen LogP contribution < -0.4 is 0 Å². The van der Waals surface area contributed by atoms with E-state index in [0.717, 1.165) is 9.34 Å². The van der Waals surface area contributed by atoms with Gasteiger partial charge in [-0.15, -0.1) is 0 Å². The second-order valence-corrected chi connectivity index (χ2v) is 10.1. The van der Waals surface area contributed by atoms with Crippen LogP contribution in [-0.4, -0.2) is 95.7 Å². The summed E-state index contributed by atoms with van der Waals surface area (Å²) in [5.41, 5.74) is 0. The van der Waals surface area contributed by atoms with Crippen molar-refractivity contribution in [1.82, 2.24) is 18.7 Å². The molecule has 0 aromatic rings. The Morgan fingerprint density at radius 1 is 0.679 bits per heavy atom. The van der Waals surface area contributed by atoms with E-state index in [2.05, 4.69) is 9.47 Å². The van der Waals surface area contributed by atoms with Crippen LogP contribution >= 0.6 is 26.9 Å². The van der Waals surface area contributed by atoms with Gasteiger partial charge in [-0.1, -0.05) is 0 Å². The highest BCUT2D eigenvalue weighted by Gasteiger charge is 2.47. The molecule has 4 heterocycles. The lowest BCUT2D eigenvalue weighted by atomic mass is 10.7. The maximum absolute atomic E-state index is 12.1. The van der Waals surface area contributed by atoms with E-state index in [4.69, 9.17) is 20.7 Å². The molecule has 0 aromatic carbocycles. The Kier molecular flexibility index (Phi) is 6.36. The van der Waals surface area contributed by atoms with Gasteiger partial charge in [0, 0.05) is 0 Å². The largest absolute Gasteiger partial charge is 0.447 e. The fraction of sp³-hybridized carbons (Fsp3) is 0.667. The van der Waals surface area contributed by atoms with Crippen LogP contribution in [0.5, 0.6) is 0 Å². The molecule has 156 valence electrons. The van der Waals surface area contributed by atoms with Crippen molar-refractivity contribution in [2.24, 2.45) is 0 Å². The maximum atomic E-state index is 12.1. The van der Waals surface area contributed by atoms with E-state index in [9.17, 15) is 23.7 Å². The molecule has 4 fully saturated rings. The third-order valence-electron chi connectivity index (χ3n) is 3.84. The minimum atomic E-state index is -3.71. The lowest BCUT2D eigenvalue weighted by Crippen LogP contribution is -2.30. The van der Waals surface area contributed by atoms with Crippen LogP contribution in [0.1, 0.15) is 0 Å². The third-order valence-corrected chi connectivity index (χ3v) is 8.15. The van der Waals surface area contributed by atoms with Crippen molar-refractivity contribution < 1.29 is 42.7 Å². The molecule has 4 aliphatic rings. The Labute approximate surface area is 165 Å². The van der Waals surface area contributed by atoms with E-state index in [0.29, 0.717) is 26.3 Å². The van der Waals surface area contributed by atoms with Crippen LogP contribution in [0.3, 0.4) is 0 Å². The summed E-state index contributed by atoms with van der Waals surface area (Å²) in [7, 11) is 0.0177. The Balaban J connectivity index is 0.000000162. The highest BCUT2D eigenvalue weighted by Crippen LogP contribution is 2.60. The smallest absolute Gasteiger partial charge is 0.417 e. The first-order valence-electron chi connectivity index (χ1n) is 8.15. The Morgan fingerprint density at radius 3 is 1.32 bits per heavy atom. The number of carbonyl (C=O) groups is 4. The van der Waals surface area contributed by atoms with E-state index < -0.39 is 19.0 Å². The molecule has 28 heavy (non-hydrogen) atoms. The van der Waals surface area contributed by atoms with E-state index in [-0.39, 0.29) is 47.4 Å². The van der Waals surface area contributed by atoms with Crippen molar-refractivity contribution >= 4 is 51.3 Å². The van der Waals surface area contributed by atoms with Crippen LogP contribution in [0, 0.1) is 0 Å². The van der Waals surface area contributed by atoms with E-state index in [1.165, 1.54) is 9.34 Å². The molecule has 4 aliphatic heterocycles. The van der Waals surface area contributed by atoms with Crippen molar-refractivity contribution in [3.05, 3.63) is 0 Å². The summed E-state index contributed by atoms with van der Waals surface area (Å²) in [6.45, 7) is -1.30. The van der Waals surface area contributed by atoms with Crippen LogP contribution in [0.15, 0.2) is 0 Å². The van der Waals surface area contributed by atoms with Gasteiger partial charge in [-0.05, 0) is 11.2 Å². The zero-order chi connectivity index (χ0) is 20.3. The van der Waals surface area contributed by atoms with Gasteiger partial charge >= 0.3 is 31.2 Å². The Morgan fingerprint density at radius 2 is 1.04 bits per heavy atom. The van der Waals surface area contributed by atoms with Gasteiger partial charge in [-0.2, -0.15) is 0 Å². The predicted molar refractivity (Wildman–Crippen MR) is 94.0 cm³/mol. The van der Waals surface area contributed by atoms with Crippen LogP contribution in [0.2, 0.25) is 0 Å². The number of nitrogens with zero attached hydrogens (tertiary/aromatic N) is 4. The summed E-state index contributed by atoms with van der Waals surface area (Å²) in [4.78, 5) is 44.3. The average Bonchev–Trinajstić information content (AvgIpc) is 3.41. The molecule has 0 aromatic heterocycles. The van der Waals surface area contributed by atoms with Gasteiger partial charge in [0.1, 0.15) is 26.4 Å². The lowest BCUT2D eigenvalue weighted by Gasteiger charge is -2.25. The molecule has 0 atom stereocenters. The molecule has 13 nitrogen and oxygen atoms in total. The van der Waals surface area contributed by atoms with Gasteiger partial charge in [0.15, 0.2) is 0 Å². The molecule has 4 rings (SSSR count). The number of ether oxygens (including phenoxy) is 4. The fourth-order valence-corrected chi connectivity index (χ4v) is 5.69. The number of rotatable bonds is 4. The summed E-state index contributed by atoms with van der Waals surface area (Å²) >= 11 is 5.74.